The lowest BCUT2D eigenvalue weighted by Gasteiger charge is -2.16. The average molecular weight is 263 g/mol. The van der Waals surface area contributed by atoms with Gasteiger partial charge in [-0.3, -0.25) is 4.90 Å². The van der Waals surface area contributed by atoms with Gasteiger partial charge in [0.25, 0.3) is 0 Å². The first-order valence-electron chi connectivity index (χ1n) is 5.62. The molecule has 1 atom stereocenters. The molecule has 1 heterocycles. The van der Waals surface area contributed by atoms with E-state index in [1.807, 2.05) is 4.90 Å². The summed E-state index contributed by atoms with van der Waals surface area (Å²) in [6.45, 7) is 1.37. The summed E-state index contributed by atoms with van der Waals surface area (Å²) in [5, 5.41) is 9.32. The van der Waals surface area contributed by atoms with Gasteiger partial charge in [-0.15, -0.1) is 0 Å². The van der Waals surface area contributed by atoms with Crippen LogP contribution in [0.25, 0.3) is 0 Å². The van der Waals surface area contributed by atoms with Crippen LogP contribution in [0.3, 0.4) is 0 Å². The molecule has 0 bridgehead atoms. The Kier molecular flexibility index (Phi) is 3.59. The third kappa shape index (κ3) is 3.00. The zero-order valence-corrected chi connectivity index (χ0v) is 9.54. The molecule has 1 aromatic rings. The Morgan fingerprint density at radius 1 is 1.33 bits per heavy atom. The summed E-state index contributed by atoms with van der Waals surface area (Å²) in [5.41, 5.74) is -0.836. The molecule has 0 saturated carbocycles. The number of hydrogen-bond donors (Lipinski definition) is 1. The highest BCUT2D eigenvalue weighted by Gasteiger charge is 2.34. The molecule has 1 N–H and O–H groups in total. The number of benzene rings is 1. The normalized spacial score (nSPS) is 21.5. The third-order valence-corrected chi connectivity index (χ3v) is 2.99. The Balaban J connectivity index is 2.15. The SMILES string of the molecule is OC1CCN(Cc2ccc(F)c(C(F)(F)F)c2)C1. The number of halogens is 4. The zero-order valence-electron chi connectivity index (χ0n) is 9.54. The number of rotatable bonds is 2. The number of hydrogen-bond acceptors (Lipinski definition) is 2. The summed E-state index contributed by atoms with van der Waals surface area (Å²) in [4.78, 5) is 1.85. The van der Waals surface area contributed by atoms with Crippen molar-refractivity contribution < 1.29 is 22.7 Å². The lowest BCUT2D eigenvalue weighted by atomic mass is 10.1. The number of likely N-dealkylation sites (tertiary alicyclic amines) is 1. The van der Waals surface area contributed by atoms with Crippen LogP contribution < -0.4 is 0 Å². The number of aliphatic hydroxyl groups is 1. The number of aliphatic hydroxyl groups excluding tert-OH is 1. The molecule has 1 aliphatic heterocycles. The van der Waals surface area contributed by atoms with Gasteiger partial charge in [-0.25, -0.2) is 4.39 Å². The van der Waals surface area contributed by atoms with Gasteiger partial charge in [0, 0.05) is 19.6 Å². The van der Waals surface area contributed by atoms with Crippen molar-refractivity contribution in [3.05, 3.63) is 35.1 Å². The molecule has 1 saturated heterocycles. The standard InChI is InChI=1S/C12H13F4NO/c13-11-2-1-8(5-10(11)12(14,15)16)6-17-4-3-9(18)7-17/h1-2,5,9,18H,3-4,6-7H2. The number of nitrogens with zero attached hydrogens (tertiary/aromatic N) is 1. The van der Waals surface area contributed by atoms with Crippen LogP contribution in [0.4, 0.5) is 17.6 Å². The predicted octanol–water partition coefficient (Wildman–Crippen LogP) is 2.41. The van der Waals surface area contributed by atoms with Crippen molar-refractivity contribution in [3.8, 4) is 0 Å². The van der Waals surface area contributed by atoms with Crippen molar-refractivity contribution >= 4 is 0 Å². The van der Waals surface area contributed by atoms with Crippen LogP contribution in [0, 0.1) is 5.82 Å². The second kappa shape index (κ2) is 4.85. The second-order valence-electron chi connectivity index (χ2n) is 4.49. The van der Waals surface area contributed by atoms with Crippen LogP contribution >= 0.6 is 0 Å². The summed E-state index contributed by atoms with van der Waals surface area (Å²) in [7, 11) is 0. The van der Waals surface area contributed by atoms with Crippen LogP contribution in [0.2, 0.25) is 0 Å². The Morgan fingerprint density at radius 2 is 2.06 bits per heavy atom. The molecular formula is C12H13F4NO. The first kappa shape index (κ1) is 13.3. The predicted molar refractivity (Wildman–Crippen MR) is 57.3 cm³/mol. The highest BCUT2D eigenvalue weighted by Crippen LogP contribution is 2.32. The molecule has 100 valence electrons. The fraction of sp³-hybridized carbons (Fsp3) is 0.500. The lowest BCUT2D eigenvalue weighted by molar-refractivity contribution is -0.140. The maximum Gasteiger partial charge on any atom is 0.419 e. The molecule has 1 fully saturated rings. The van der Waals surface area contributed by atoms with Crippen molar-refractivity contribution in [2.24, 2.45) is 0 Å². The fourth-order valence-electron chi connectivity index (χ4n) is 2.10. The summed E-state index contributed by atoms with van der Waals surface area (Å²) in [6.07, 6.45) is -4.48. The molecular weight excluding hydrogens is 250 g/mol. The van der Waals surface area contributed by atoms with E-state index in [1.54, 1.807) is 0 Å². The van der Waals surface area contributed by atoms with Gasteiger partial charge in [0.1, 0.15) is 5.82 Å². The summed E-state index contributed by atoms with van der Waals surface area (Å²) in [6, 6.07) is 3.01. The van der Waals surface area contributed by atoms with E-state index in [-0.39, 0.29) is 0 Å². The van der Waals surface area contributed by atoms with Crippen LogP contribution in [-0.2, 0) is 12.7 Å². The van der Waals surface area contributed by atoms with Crippen LogP contribution in [0.15, 0.2) is 18.2 Å². The highest BCUT2D eigenvalue weighted by atomic mass is 19.4. The Hall–Kier alpha value is -1.14. The van der Waals surface area contributed by atoms with Crippen LogP contribution in [0.1, 0.15) is 17.5 Å². The molecule has 1 unspecified atom stereocenters. The van der Waals surface area contributed by atoms with Crippen LogP contribution in [0.5, 0.6) is 0 Å². The second-order valence-corrected chi connectivity index (χ2v) is 4.49. The monoisotopic (exact) mass is 263 g/mol. The summed E-state index contributed by atoms with van der Waals surface area (Å²) in [5.74, 6) is -1.26. The average Bonchev–Trinajstić information content (AvgIpc) is 2.65. The van der Waals surface area contributed by atoms with Gasteiger partial charge in [0.15, 0.2) is 0 Å². The van der Waals surface area contributed by atoms with E-state index < -0.39 is 23.7 Å². The molecule has 2 rings (SSSR count). The van der Waals surface area contributed by atoms with Gasteiger partial charge in [0.05, 0.1) is 11.7 Å². The van der Waals surface area contributed by atoms with Gasteiger partial charge in [-0.1, -0.05) is 6.07 Å². The summed E-state index contributed by atoms with van der Waals surface area (Å²) >= 11 is 0. The molecule has 0 spiro atoms. The number of β-amino-alcohol motifs (C(OH)–C–C–N with tert-alkyl or cyclic N) is 1. The van der Waals surface area contributed by atoms with Gasteiger partial charge in [0.2, 0.25) is 0 Å². The molecule has 6 heteroatoms. The highest BCUT2D eigenvalue weighted by molar-refractivity contribution is 5.27. The molecule has 0 radical (unpaired) electrons. The lowest BCUT2D eigenvalue weighted by Crippen LogP contribution is -2.22. The fourth-order valence-corrected chi connectivity index (χ4v) is 2.10. The summed E-state index contributed by atoms with van der Waals surface area (Å²) < 4.78 is 50.6. The van der Waals surface area contributed by atoms with Crippen molar-refractivity contribution in [1.82, 2.24) is 4.90 Å². The zero-order chi connectivity index (χ0) is 13.3. The Labute approximate surface area is 102 Å². The van der Waals surface area contributed by atoms with E-state index in [4.69, 9.17) is 0 Å². The minimum absolute atomic E-state index is 0.292. The topological polar surface area (TPSA) is 23.5 Å². The minimum Gasteiger partial charge on any atom is -0.392 e. The smallest absolute Gasteiger partial charge is 0.392 e. The first-order valence-corrected chi connectivity index (χ1v) is 5.62. The van der Waals surface area contributed by atoms with Gasteiger partial charge in [-0.2, -0.15) is 13.2 Å². The molecule has 0 aliphatic carbocycles. The van der Waals surface area contributed by atoms with E-state index in [9.17, 15) is 22.7 Å². The molecule has 18 heavy (non-hydrogen) atoms. The van der Waals surface area contributed by atoms with E-state index >= 15 is 0 Å². The van der Waals surface area contributed by atoms with E-state index in [1.165, 1.54) is 6.07 Å². The largest absolute Gasteiger partial charge is 0.419 e. The van der Waals surface area contributed by atoms with Crippen molar-refractivity contribution in [2.75, 3.05) is 13.1 Å². The van der Waals surface area contributed by atoms with E-state index in [0.29, 0.717) is 31.6 Å². The maximum absolute atomic E-state index is 13.1. The molecule has 0 amide bonds. The first-order chi connectivity index (χ1) is 8.36. The van der Waals surface area contributed by atoms with Gasteiger partial charge >= 0.3 is 6.18 Å². The van der Waals surface area contributed by atoms with Gasteiger partial charge < -0.3 is 5.11 Å². The maximum atomic E-state index is 13.1. The van der Waals surface area contributed by atoms with Crippen molar-refractivity contribution in [2.45, 2.75) is 25.2 Å². The Bertz CT molecular complexity index is 433. The Morgan fingerprint density at radius 3 is 2.61 bits per heavy atom. The van der Waals surface area contributed by atoms with Gasteiger partial charge in [-0.05, 0) is 24.1 Å². The van der Waals surface area contributed by atoms with Crippen molar-refractivity contribution in [3.63, 3.8) is 0 Å². The molecule has 0 aromatic heterocycles. The van der Waals surface area contributed by atoms with Crippen molar-refractivity contribution in [1.29, 1.82) is 0 Å². The van der Waals surface area contributed by atoms with E-state index in [0.717, 1.165) is 12.1 Å². The molecule has 2 nitrogen and oxygen atoms in total. The molecule has 1 aromatic carbocycles. The molecule has 1 aliphatic rings. The quantitative estimate of drug-likeness (QED) is 0.828. The third-order valence-electron chi connectivity index (χ3n) is 2.99. The minimum atomic E-state index is -4.68. The number of alkyl halides is 3. The van der Waals surface area contributed by atoms with Crippen LogP contribution in [-0.4, -0.2) is 29.2 Å². The van der Waals surface area contributed by atoms with E-state index in [2.05, 4.69) is 0 Å².